The standard InChI is InChI=1S/C18H21NO4/c20-16(22-12-14-6-9-18(23-14)7-3-8-18)11-19-10-13-4-1-2-5-15(13)17(19)21/h1-2,4-5,14H,3,6-12H2. The fourth-order valence-corrected chi connectivity index (χ4v) is 3.78. The number of carbonyl (C=O) groups is 2. The van der Waals surface area contributed by atoms with Crippen molar-refractivity contribution >= 4 is 11.9 Å². The summed E-state index contributed by atoms with van der Waals surface area (Å²) < 4.78 is 11.4. The van der Waals surface area contributed by atoms with Gasteiger partial charge >= 0.3 is 5.97 Å². The molecule has 0 aromatic heterocycles. The first-order chi connectivity index (χ1) is 11.2. The monoisotopic (exact) mass is 315 g/mol. The van der Waals surface area contributed by atoms with Crippen LogP contribution in [0.3, 0.4) is 0 Å². The molecule has 5 heteroatoms. The Morgan fingerprint density at radius 3 is 2.83 bits per heavy atom. The quantitative estimate of drug-likeness (QED) is 0.800. The number of hydrogen-bond donors (Lipinski definition) is 0. The van der Waals surface area contributed by atoms with Crippen LogP contribution in [0.5, 0.6) is 0 Å². The highest BCUT2D eigenvalue weighted by molar-refractivity contribution is 5.99. The van der Waals surface area contributed by atoms with Crippen LogP contribution in [0.25, 0.3) is 0 Å². The number of esters is 1. The number of carbonyl (C=O) groups excluding carboxylic acids is 2. The average Bonchev–Trinajstić information content (AvgIpc) is 3.08. The van der Waals surface area contributed by atoms with Crippen molar-refractivity contribution in [1.29, 1.82) is 0 Å². The molecule has 1 aromatic rings. The molecular formula is C18H21NO4. The second-order valence-electron chi connectivity index (χ2n) is 6.82. The maximum absolute atomic E-state index is 12.2. The molecule has 1 aliphatic carbocycles. The molecule has 5 nitrogen and oxygen atoms in total. The molecule has 2 aliphatic heterocycles. The Labute approximate surface area is 135 Å². The summed E-state index contributed by atoms with van der Waals surface area (Å²) in [6, 6.07) is 7.46. The van der Waals surface area contributed by atoms with E-state index < -0.39 is 0 Å². The van der Waals surface area contributed by atoms with Crippen molar-refractivity contribution in [1.82, 2.24) is 4.90 Å². The number of nitrogens with zero attached hydrogens (tertiary/aromatic N) is 1. The number of hydrogen-bond acceptors (Lipinski definition) is 4. The van der Waals surface area contributed by atoms with Gasteiger partial charge in [0.1, 0.15) is 13.2 Å². The van der Waals surface area contributed by atoms with Crippen molar-refractivity contribution in [3.8, 4) is 0 Å². The Kier molecular flexibility index (Phi) is 3.60. The summed E-state index contributed by atoms with van der Waals surface area (Å²) >= 11 is 0. The molecule has 1 amide bonds. The Morgan fingerprint density at radius 2 is 2.13 bits per heavy atom. The fraction of sp³-hybridized carbons (Fsp3) is 0.556. The minimum absolute atomic E-state index is 0.00533. The van der Waals surface area contributed by atoms with E-state index in [2.05, 4.69) is 0 Å². The van der Waals surface area contributed by atoms with Crippen LogP contribution in [0.15, 0.2) is 24.3 Å². The summed E-state index contributed by atoms with van der Waals surface area (Å²) in [5.41, 5.74) is 1.74. The minimum Gasteiger partial charge on any atom is -0.462 e. The molecule has 2 heterocycles. The van der Waals surface area contributed by atoms with Gasteiger partial charge in [0.05, 0.1) is 11.7 Å². The van der Waals surface area contributed by atoms with Gasteiger partial charge in [0, 0.05) is 12.1 Å². The molecule has 122 valence electrons. The van der Waals surface area contributed by atoms with Gasteiger partial charge in [0.25, 0.3) is 5.91 Å². The van der Waals surface area contributed by atoms with E-state index in [-0.39, 0.29) is 30.1 Å². The topological polar surface area (TPSA) is 55.8 Å². The molecule has 4 rings (SSSR count). The van der Waals surface area contributed by atoms with Crippen LogP contribution in [0.2, 0.25) is 0 Å². The number of rotatable bonds is 4. The fourth-order valence-electron chi connectivity index (χ4n) is 3.78. The molecule has 1 aromatic carbocycles. The number of amides is 1. The maximum Gasteiger partial charge on any atom is 0.325 e. The van der Waals surface area contributed by atoms with Crippen LogP contribution in [-0.2, 0) is 20.8 Å². The molecule has 1 saturated heterocycles. The molecule has 0 radical (unpaired) electrons. The number of benzene rings is 1. The zero-order valence-electron chi connectivity index (χ0n) is 13.1. The van der Waals surface area contributed by atoms with E-state index in [1.807, 2.05) is 18.2 Å². The number of ether oxygens (including phenoxy) is 2. The summed E-state index contributed by atoms with van der Waals surface area (Å²) in [7, 11) is 0. The summed E-state index contributed by atoms with van der Waals surface area (Å²) in [6.45, 7) is 0.786. The summed E-state index contributed by atoms with van der Waals surface area (Å²) in [5.74, 6) is -0.451. The lowest BCUT2D eigenvalue weighted by molar-refractivity contribution is -0.153. The van der Waals surface area contributed by atoms with Gasteiger partial charge in [0.15, 0.2) is 0 Å². The van der Waals surface area contributed by atoms with E-state index in [1.54, 1.807) is 6.07 Å². The summed E-state index contributed by atoms with van der Waals surface area (Å²) in [6.07, 6.45) is 5.57. The summed E-state index contributed by atoms with van der Waals surface area (Å²) in [5, 5.41) is 0. The second kappa shape index (κ2) is 5.64. The average molecular weight is 315 g/mol. The van der Waals surface area contributed by atoms with E-state index in [9.17, 15) is 9.59 Å². The van der Waals surface area contributed by atoms with Crippen molar-refractivity contribution < 1.29 is 19.1 Å². The molecule has 1 saturated carbocycles. The van der Waals surface area contributed by atoms with Crippen molar-refractivity contribution in [2.75, 3.05) is 13.2 Å². The smallest absolute Gasteiger partial charge is 0.325 e. The molecule has 2 fully saturated rings. The Balaban J connectivity index is 1.26. The van der Waals surface area contributed by atoms with Crippen molar-refractivity contribution in [2.24, 2.45) is 0 Å². The lowest BCUT2D eigenvalue weighted by Gasteiger charge is -2.37. The third kappa shape index (κ3) is 2.74. The van der Waals surface area contributed by atoms with Gasteiger partial charge in [-0.25, -0.2) is 0 Å². The molecule has 23 heavy (non-hydrogen) atoms. The summed E-state index contributed by atoms with van der Waals surface area (Å²) in [4.78, 5) is 25.8. The first kappa shape index (κ1) is 14.7. The second-order valence-corrected chi connectivity index (χ2v) is 6.82. The molecule has 1 spiro atoms. The minimum atomic E-state index is -0.357. The van der Waals surface area contributed by atoms with E-state index >= 15 is 0 Å². The normalized spacial score (nSPS) is 24.6. The van der Waals surface area contributed by atoms with E-state index in [0.29, 0.717) is 18.7 Å². The highest BCUT2D eigenvalue weighted by atomic mass is 16.6. The SMILES string of the molecule is O=C(CN1Cc2ccccc2C1=O)OCC1CCC2(CCC2)O1. The van der Waals surface area contributed by atoms with Crippen LogP contribution < -0.4 is 0 Å². The van der Waals surface area contributed by atoms with Gasteiger partial charge in [-0.1, -0.05) is 18.2 Å². The van der Waals surface area contributed by atoms with Gasteiger partial charge in [-0.3, -0.25) is 9.59 Å². The van der Waals surface area contributed by atoms with Gasteiger partial charge < -0.3 is 14.4 Å². The third-order valence-electron chi connectivity index (χ3n) is 5.25. The molecule has 0 N–H and O–H groups in total. The first-order valence-corrected chi connectivity index (χ1v) is 8.36. The van der Waals surface area contributed by atoms with Crippen molar-refractivity contribution in [3.63, 3.8) is 0 Å². The highest BCUT2D eigenvalue weighted by Gasteiger charge is 2.45. The Morgan fingerprint density at radius 1 is 1.30 bits per heavy atom. The van der Waals surface area contributed by atoms with Crippen molar-refractivity contribution in [3.05, 3.63) is 35.4 Å². The highest BCUT2D eigenvalue weighted by Crippen LogP contribution is 2.45. The Bertz CT molecular complexity index is 638. The Hall–Kier alpha value is -1.88. The van der Waals surface area contributed by atoms with Crippen molar-refractivity contribution in [2.45, 2.75) is 50.4 Å². The molecule has 1 atom stereocenters. The zero-order valence-corrected chi connectivity index (χ0v) is 13.1. The predicted molar refractivity (Wildman–Crippen MR) is 82.8 cm³/mol. The molecule has 3 aliphatic rings. The molecule has 0 bridgehead atoms. The predicted octanol–water partition coefficient (Wildman–Crippen LogP) is 2.29. The van der Waals surface area contributed by atoms with Gasteiger partial charge in [-0.05, 0) is 43.7 Å². The molecular weight excluding hydrogens is 294 g/mol. The van der Waals surface area contributed by atoms with E-state index in [1.165, 1.54) is 11.3 Å². The molecule has 1 unspecified atom stereocenters. The lowest BCUT2D eigenvalue weighted by atomic mass is 9.78. The largest absolute Gasteiger partial charge is 0.462 e. The van der Waals surface area contributed by atoms with E-state index in [4.69, 9.17) is 9.47 Å². The van der Waals surface area contributed by atoms with Gasteiger partial charge in [-0.15, -0.1) is 0 Å². The first-order valence-electron chi connectivity index (χ1n) is 8.36. The van der Waals surface area contributed by atoms with Crippen LogP contribution in [0, 0.1) is 0 Å². The van der Waals surface area contributed by atoms with Gasteiger partial charge in [-0.2, -0.15) is 0 Å². The van der Waals surface area contributed by atoms with Crippen LogP contribution >= 0.6 is 0 Å². The zero-order chi connectivity index (χ0) is 15.9. The lowest BCUT2D eigenvalue weighted by Crippen LogP contribution is -2.38. The van der Waals surface area contributed by atoms with Crippen LogP contribution in [0.1, 0.15) is 48.0 Å². The van der Waals surface area contributed by atoms with E-state index in [0.717, 1.165) is 31.2 Å². The van der Waals surface area contributed by atoms with Gasteiger partial charge in [0.2, 0.25) is 0 Å². The van der Waals surface area contributed by atoms with Crippen LogP contribution in [0.4, 0.5) is 0 Å². The maximum atomic E-state index is 12.2. The number of fused-ring (bicyclic) bond motifs is 1. The van der Waals surface area contributed by atoms with Crippen LogP contribution in [-0.4, -0.2) is 41.6 Å². The third-order valence-corrected chi connectivity index (χ3v) is 5.25.